The van der Waals surface area contributed by atoms with Gasteiger partial charge < -0.3 is 0 Å². The summed E-state index contributed by atoms with van der Waals surface area (Å²) in [6.07, 6.45) is 0. The topological polar surface area (TPSA) is 0 Å². The van der Waals surface area contributed by atoms with Crippen molar-refractivity contribution in [1.29, 1.82) is 0 Å². The third kappa shape index (κ3) is 1.88. The molecule has 0 fully saturated rings. The summed E-state index contributed by atoms with van der Waals surface area (Å²) in [6, 6.07) is 19.9. The molecule has 0 N–H and O–H groups in total. The molecular formula is C17H12S2. The second kappa shape index (κ2) is 4.19. The molecule has 0 radical (unpaired) electrons. The highest BCUT2D eigenvalue weighted by Crippen LogP contribution is 2.38. The van der Waals surface area contributed by atoms with Crippen LogP contribution in [0.2, 0.25) is 0 Å². The molecule has 2 heteroatoms. The zero-order valence-corrected chi connectivity index (χ0v) is 12.1. The summed E-state index contributed by atoms with van der Waals surface area (Å²) in [5.41, 5.74) is 1.32. The zero-order valence-electron chi connectivity index (χ0n) is 10.5. The van der Waals surface area contributed by atoms with Gasteiger partial charge in [0, 0.05) is 19.2 Å². The van der Waals surface area contributed by atoms with Crippen LogP contribution >= 0.6 is 22.7 Å². The van der Waals surface area contributed by atoms with Crippen molar-refractivity contribution in [2.24, 2.45) is 0 Å². The van der Waals surface area contributed by atoms with Gasteiger partial charge in [0.2, 0.25) is 0 Å². The molecule has 92 valence electrons. The first-order chi connectivity index (χ1) is 9.29. The summed E-state index contributed by atoms with van der Waals surface area (Å²) in [4.78, 5) is 2.76. The molecule has 0 spiro atoms. The molecule has 0 saturated heterocycles. The SMILES string of the molecule is Cc1cc2sc(-c3ccc4ccccc4c3)cc2s1. The fourth-order valence-electron chi connectivity index (χ4n) is 2.44. The molecule has 0 bridgehead atoms. The largest absolute Gasteiger partial charge is 0.140 e. The van der Waals surface area contributed by atoms with E-state index in [0.29, 0.717) is 0 Å². The highest BCUT2D eigenvalue weighted by Gasteiger charge is 2.07. The number of rotatable bonds is 1. The molecule has 19 heavy (non-hydrogen) atoms. The molecule has 0 amide bonds. The highest BCUT2D eigenvalue weighted by atomic mass is 32.1. The third-order valence-corrected chi connectivity index (χ3v) is 5.62. The van der Waals surface area contributed by atoms with E-state index in [1.165, 1.54) is 35.5 Å². The molecule has 2 aromatic heterocycles. The molecule has 4 rings (SSSR count). The van der Waals surface area contributed by atoms with E-state index < -0.39 is 0 Å². The van der Waals surface area contributed by atoms with Crippen molar-refractivity contribution in [3.63, 3.8) is 0 Å². The van der Waals surface area contributed by atoms with Gasteiger partial charge >= 0.3 is 0 Å². The Labute approximate surface area is 119 Å². The number of aryl methyl sites for hydroxylation is 1. The molecule has 4 aromatic rings. The summed E-state index contributed by atoms with van der Waals surface area (Å²) in [6.45, 7) is 2.17. The van der Waals surface area contributed by atoms with Gasteiger partial charge in [-0.3, -0.25) is 0 Å². The summed E-state index contributed by atoms with van der Waals surface area (Å²) in [7, 11) is 0. The average Bonchev–Trinajstić information content (AvgIpc) is 2.95. The van der Waals surface area contributed by atoms with Crippen molar-refractivity contribution in [3.8, 4) is 10.4 Å². The van der Waals surface area contributed by atoms with E-state index in [-0.39, 0.29) is 0 Å². The maximum Gasteiger partial charge on any atom is 0.0459 e. The van der Waals surface area contributed by atoms with Gasteiger partial charge in [-0.2, -0.15) is 0 Å². The van der Waals surface area contributed by atoms with Gasteiger partial charge in [0.25, 0.3) is 0 Å². The Balaban J connectivity index is 1.90. The highest BCUT2D eigenvalue weighted by molar-refractivity contribution is 7.29. The zero-order chi connectivity index (χ0) is 12.8. The lowest BCUT2D eigenvalue weighted by Crippen LogP contribution is -1.74. The second-order valence-corrected chi connectivity index (χ2v) is 7.13. The number of benzene rings is 2. The van der Waals surface area contributed by atoms with Crippen LogP contribution in [-0.2, 0) is 0 Å². The van der Waals surface area contributed by atoms with E-state index in [1.807, 2.05) is 22.7 Å². The summed E-state index contributed by atoms with van der Waals surface area (Å²) >= 11 is 3.77. The van der Waals surface area contributed by atoms with Gasteiger partial charge in [-0.25, -0.2) is 0 Å². The van der Waals surface area contributed by atoms with Gasteiger partial charge in [-0.15, -0.1) is 22.7 Å². The molecule has 0 atom stereocenters. The molecule has 0 aliphatic rings. The van der Waals surface area contributed by atoms with Crippen LogP contribution in [0.25, 0.3) is 30.6 Å². The standard InChI is InChI=1S/C17H12S2/c1-11-8-16-17(18-11)10-15(19-16)14-7-6-12-4-2-3-5-13(12)9-14/h2-10H,1H3. The first-order valence-electron chi connectivity index (χ1n) is 6.29. The van der Waals surface area contributed by atoms with Gasteiger partial charge in [-0.05, 0) is 41.5 Å². The molecule has 0 unspecified atom stereocenters. The minimum atomic E-state index is 1.31. The van der Waals surface area contributed by atoms with Crippen molar-refractivity contribution in [1.82, 2.24) is 0 Å². The van der Waals surface area contributed by atoms with Crippen LogP contribution < -0.4 is 0 Å². The van der Waals surface area contributed by atoms with Crippen LogP contribution in [0, 0.1) is 6.92 Å². The van der Waals surface area contributed by atoms with Crippen LogP contribution in [0.1, 0.15) is 4.88 Å². The number of hydrogen-bond donors (Lipinski definition) is 0. The van der Waals surface area contributed by atoms with E-state index >= 15 is 0 Å². The maximum atomic E-state index is 2.32. The minimum absolute atomic E-state index is 1.31. The molecule has 0 nitrogen and oxygen atoms in total. The maximum absolute atomic E-state index is 2.32. The Morgan fingerprint density at radius 1 is 0.737 bits per heavy atom. The monoisotopic (exact) mass is 280 g/mol. The van der Waals surface area contributed by atoms with Crippen molar-refractivity contribution in [2.75, 3.05) is 0 Å². The van der Waals surface area contributed by atoms with E-state index in [4.69, 9.17) is 0 Å². The average molecular weight is 280 g/mol. The fourth-order valence-corrected chi connectivity index (χ4v) is 4.75. The molecule has 0 saturated carbocycles. The molecule has 0 aliphatic heterocycles. The van der Waals surface area contributed by atoms with Crippen LogP contribution in [-0.4, -0.2) is 0 Å². The van der Waals surface area contributed by atoms with E-state index in [1.54, 1.807) is 0 Å². The minimum Gasteiger partial charge on any atom is -0.140 e. The smallest absolute Gasteiger partial charge is 0.0459 e. The van der Waals surface area contributed by atoms with E-state index in [0.717, 1.165) is 0 Å². The summed E-state index contributed by atoms with van der Waals surface area (Å²) in [5.74, 6) is 0. The quantitative estimate of drug-likeness (QED) is 0.395. The fraction of sp³-hybridized carbons (Fsp3) is 0.0588. The van der Waals surface area contributed by atoms with Gasteiger partial charge in [-0.1, -0.05) is 36.4 Å². The van der Waals surface area contributed by atoms with Gasteiger partial charge in [0.1, 0.15) is 0 Å². The Bertz CT molecular complexity index is 849. The van der Waals surface area contributed by atoms with Gasteiger partial charge in [0.05, 0.1) is 0 Å². The third-order valence-electron chi connectivity index (χ3n) is 3.36. The Kier molecular flexibility index (Phi) is 2.47. The van der Waals surface area contributed by atoms with E-state index in [2.05, 4.69) is 61.5 Å². The number of hydrogen-bond acceptors (Lipinski definition) is 2. The Morgan fingerprint density at radius 2 is 1.53 bits per heavy atom. The molecular weight excluding hydrogens is 268 g/mol. The van der Waals surface area contributed by atoms with Crippen molar-refractivity contribution >= 4 is 42.8 Å². The predicted octanol–water partition coefficient (Wildman–Crippen LogP) is 6.09. The van der Waals surface area contributed by atoms with Crippen molar-refractivity contribution < 1.29 is 0 Å². The lowest BCUT2D eigenvalue weighted by Gasteiger charge is -2.01. The first kappa shape index (κ1) is 11.2. The van der Waals surface area contributed by atoms with E-state index in [9.17, 15) is 0 Å². The van der Waals surface area contributed by atoms with Gasteiger partial charge in [0.15, 0.2) is 0 Å². The molecule has 0 aliphatic carbocycles. The number of thiophene rings is 2. The van der Waals surface area contributed by atoms with Crippen LogP contribution in [0.3, 0.4) is 0 Å². The Morgan fingerprint density at radius 3 is 2.37 bits per heavy atom. The Hall–Kier alpha value is -1.64. The second-order valence-electron chi connectivity index (χ2n) is 4.76. The molecule has 2 heterocycles. The summed E-state index contributed by atoms with van der Waals surface area (Å²) in [5, 5.41) is 2.62. The van der Waals surface area contributed by atoms with Crippen molar-refractivity contribution in [2.45, 2.75) is 6.92 Å². The first-order valence-corrected chi connectivity index (χ1v) is 7.92. The lowest BCUT2D eigenvalue weighted by atomic mass is 10.1. The van der Waals surface area contributed by atoms with Crippen LogP contribution in [0.4, 0.5) is 0 Å². The van der Waals surface area contributed by atoms with Crippen molar-refractivity contribution in [3.05, 3.63) is 59.5 Å². The lowest BCUT2D eigenvalue weighted by molar-refractivity contribution is 1.66. The predicted molar refractivity (Wildman–Crippen MR) is 87.4 cm³/mol. The normalized spacial score (nSPS) is 11.4. The summed E-state index contributed by atoms with van der Waals surface area (Å²) < 4.78 is 2.82. The number of fused-ring (bicyclic) bond motifs is 2. The van der Waals surface area contributed by atoms with Crippen LogP contribution in [0.5, 0.6) is 0 Å². The molecule has 2 aromatic carbocycles. The van der Waals surface area contributed by atoms with Crippen LogP contribution in [0.15, 0.2) is 54.6 Å².